The summed E-state index contributed by atoms with van der Waals surface area (Å²) in [4.78, 5) is 68.1. The number of primary amides is 1. The Kier molecular flexibility index (Phi) is 13.8. The van der Waals surface area contributed by atoms with Crippen LogP contribution in [0.15, 0.2) is 54.6 Å². The van der Waals surface area contributed by atoms with Gasteiger partial charge in [0.05, 0.1) is 0 Å². The number of aromatic hydroxyl groups is 1. The van der Waals surface area contributed by atoms with E-state index in [9.17, 15) is 29.1 Å². The molecule has 0 aromatic heterocycles. The number of phenols is 1. The summed E-state index contributed by atoms with van der Waals surface area (Å²) in [5.41, 5.74) is 4.50. The van der Waals surface area contributed by atoms with Crippen molar-refractivity contribution in [2.45, 2.75) is 116 Å². The fourth-order valence-electron chi connectivity index (χ4n) is 4.77. The van der Waals surface area contributed by atoms with Crippen LogP contribution < -0.4 is 16.4 Å². The first-order valence-corrected chi connectivity index (χ1v) is 15.8. The van der Waals surface area contributed by atoms with Crippen LogP contribution >= 0.6 is 0 Å². The van der Waals surface area contributed by atoms with Crippen molar-refractivity contribution in [3.63, 3.8) is 0 Å². The zero-order valence-corrected chi connectivity index (χ0v) is 28.7. The molecule has 5 N–H and O–H groups in total. The van der Waals surface area contributed by atoms with Crippen LogP contribution in [0.3, 0.4) is 0 Å². The van der Waals surface area contributed by atoms with Crippen LogP contribution in [0.5, 0.6) is 5.75 Å². The fraction of sp³-hybridized carbons (Fsp3) is 0.514. The Morgan fingerprint density at radius 1 is 0.851 bits per heavy atom. The highest BCUT2D eigenvalue weighted by Gasteiger charge is 2.41. The van der Waals surface area contributed by atoms with Gasteiger partial charge in [-0.05, 0) is 72.9 Å². The van der Waals surface area contributed by atoms with Gasteiger partial charge in [0.1, 0.15) is 35.1 Å². The number of para-hydroxylation sites is 1. The summed E-state index contributed by atoms with van der Waals surface area (Å²) >= 11 is 0. The number of ether oxygens (including phenoxy) is 2. The predicted octanol–water partition coefficient (Wildman–Crippen LogP) is 4.29. The lowest BCUT2D eigenvalue weighted by molar-refractivity contribution is -0.159. The normalized spacial score (nSPS) is 14.1. The summed E-state index contributed by atoms with van der Waals surface area (Å²) in [5.74, 6) is -3.12. The smallest absolute Gasteiger partial charge is 0.408 e. The topological polar surface area (TPSA) is 177 Å². The van der Waals surface area contributed by atoms with E-state index in [-0.39, 0.29) is 30.6 Å². The second kappa shape index (κ2) is 16.8. The Morgan fingerprint density at radius 3 is 1.96 bits per heavy atom. The first-order chi connectivity index (χ1) is 21.8. The number of alkyl carbamates (subject to hydrolysis) is 1. The Hall–Kier alpha value is -4.61. The van der Waals surface area contributed by atoms with Crippen molar-refractivity contribution >= 4 is 29.8 Å². The van der Waals surface area contributed by atoms with Crippen LogP contribution in [0.25, 0.3) is 0 Å². The minimum absolute atomic E-state index is 0.0900. The van der Waals surface area contributed by atoms with Crippen molar-refractivity contribution in [2.24, 2.45) is 5.73 Å². The first-order valence-electron chi connectivity index (χ1n) is 15.8. The molecule has 0 spiro atoms. The Labute approximate surface area is 277 Å². The molecule has 2 aromatic carbocycles. The number of nitrogens with two attached hydrogens (primary N) is 1. The Balaban J connectivity index is 2.66. The SMILES string of the molecule is CCC(C)N(C(=O)C(CCC(N)=O)NC(=O)OC(C)(C)C)C(C(=O)NC(Cc1ccccc1)C(=O)OC(C)(C)C)c1ccccc1O. The zero-order chi connectivity index (χ0) is 35.5. The monoisotopic (exact) mass is 654 g/mol. The summed E-state index contributed by atoms with van der Waals surface area (Å²) in [5, 5.41) is 16.3. The lowest BCUT2D eigenvalue weighted by atomic mass is 9.97. The predicted molar refractivity (Wildman–Crippen MR) is 177 cm³/mol. The van der Waals surface area contributed by atoms with Crippen LogP contribution in [-0.2, 0) is 35.1 Å². The van der Waals surface area contributed by atoms with Crippen LogP contribution in [0.1, 0.15) is 91.8 Å². The van der Waals surface area contributed by atoms with Crippen molar-refractivity contribution in [1.82, 2.24) is 15.5 Å². The molecule has 47 heavy (non-hydrogen) atoms. The molecule has 0 bridgehead atoms. The molecule has 0 saturated carbocycles. The summed E-state index contributed by atoms with van der Waals surface area (Å²) in [6.07, 6.45) is -0.859. The van der Waals surface area contributed by atoms with E-state index in [1.807, 2.05) is 25.1 Å². The number of carbonyl (C=O) groups excluding carboxylic acids is 5. The molecule has 258 valence electrons. The van der Waals surface area contributed by atoms with Crippen molar-refractivity contribution in [1.29, 1.82) is 0 Å². The highest BCUT2D eigenvalue weighted by molar-refractivity contribution is 5.94. The maximum Gasteiger partial charge on any atom is 0.408 e. The molecule has 0 aliphatic rings. The molecule has 0 heterocycles. The minimum Gasteiger partial charge on any atom is -0.508 e. The van der Waals surface area contributed by atoms with E-state index in [4.69, 9.17) is 15.2 Å². The minimum atomic E-state index is -1.46. The molecule has 12 nitrogen and oxygen atoms in total. The lowest BCUT2D eigenvalue weighted by Crippen LogP contribution is -2.57. The van der Waals surface area contributed by atoms with Gasteiger partial charge in [-0.1, -0.05) is 55.5 Å². The van der Waals surface area contributed by atoms with Crippen LogP contribution in [0.2, 0.25) is 0 Å². The number of hydrogen-bond acceptors (Lipinski definition) is 8. The van der Waals surface area contributed by atoms with Gasteiger partial charge in [0.25, 0.3) is 0 Å². The van der Waals surface area contributed by atoms with Gasteiger partial charge in [-0.2, -0.15) is 0 Å². The zero-order valence-electron chi connectivity index (χ0n) is 28.7. The fourth-order valence-corrected chi connectivity index (χ4v) is 4.77. The van der Waals surface area contributed by atoms with E-state index in [1.165, 1.54) is 17.0 Å². The number of rotatable bonds is 14. The maximum absolute atomic E-state index is 14.4. The van der Waals surface area contributed by atoms with E-state index in [0.717, 1.165) is 5.56 Å². The van der Waals surface area contributed by atoms with Crippen LogP contribution in [0, 0.1) is 0 Å². The third kappa shape index (κ3) is 12.6. The Bertz CT molecular complexity index is 1380. The largest absolute Gasteiger partial charge is 0.508 e. The third-order valence-electron chi connectivity index (χ3n) is 7.04. The second-order valence-electron chi connectivity index (χ2n) is 13.5. The number of esters is 1. The summed E-state index contributed by atoms with van der Waals surface area (Å²) in [7, 11) is 0. The highest BCUT2D eigenvalue weighted by atomic mass is 16.6. The number of benzene rings is 2. The highest BCUT2D eigenvalue weighted by Crippen LogP contribution is 2.32. The number of amides is 4. The molecule has 4 amide bonds. The van der Waals surface area contributed by atoms with Gasteiger partial charge >= 0.3 is 12.1 Å². The average molecular weight is 655 g/mol. The standard InChI is InChI=1S/C35H50N4O8/c1-9-22(2)39(31(43)25(19-20-28(36)41)38-33(45)47-35(6,7)8)29(24-17-13-14-18-27(24)40)30(42)37-26(32(44)46-34(3,4)5)21-23-15-11-10-12-16-23/h10-18,22,25-26,29,40H,9,19-21H2,1-8H3,(H2,36,41)(H,37,42)(H,38,45). The van der Waals surface area contributed by atoms with Gasteiger partial charge in [-0.3, -0.25) is 14.4 Å². The molecule has 2 aromatic rings. The van der Waals surface area contributed by atoms with Crippen molar-refractivity contribution in [3.8, 4) is 5.75 Å². The summed E-state index contributed by atoms with van der Waals surface area (Å²) < 4.78 is 11.0. The van der Waals surface area contributed by atoms with E-state index in [0.29, 0.717) is 6.42 Å². The summed E-state index contributed by atoms with van der Waals surface area (Å²) in [6.45, 7) is 13.6. The Morgan fingerprint density at radius 2 is 1.43 bits per heavy atom. The number of carbonyl (C=O) groups is 5. The van der Waals surface area contributed by atoms with Gasteiger partial charge in [-0.15, -0.1) is 0 Å². The van der Waals surface area contributed by atoms with E-state index >= 15 is 0 Å². The summed E-state index contributed by atoms with van der Waals surface area (Å²) in [6, 6.07) is 10.6. The molecule has 4 atom stereocenters. The molecule has 12 heteroatoms. The van der Waals surface area contributed by atoms with E-state index in [2.05, 4.69) is 10.6 Å². The molecule has 0 saturated heterocycles. The van der Waals surface area contributed by atoms with Gasteiger partial charge in [0.15, 0.2) is 0 Å². The van der Waals surface area contributed by atoms with Gasteiger partial charge < -0.3 is 35.8 Å². The van der Waals surface area contributed by atoms with E-state index in [1.54, 1.807) is 72.7 Å². The molecule has 2 rings (SSSR count). The molecule has 0 aliphatic carbocycles. The molecule has 0 radical (unpaired) electrons. The van der Waals surface area contributed by atoms with Crippen LogP contribution in [0.4, 0.5) is 4.79 Å². The molecular weight excluding hydrogens is 604 g/mol. The number of nitrogens with zero attached hydrogens (tertiary/aromatic N) is 1. The number of hydrogen-bond donors (Lipinski definition) is 4. The second-order valence-corrected chi connectivity index (χ2v) is 13.5. The molecule has 4 unspecified atom stereocenters. The molecule has 0 aliphatic heterocycles. The molecular formula is C35H50N4O8. The number of phenolic OH excluding ortho intramolecular Hbond substituents is 1. The van der Waals surface area contributed by atoms with Crippen molar-refractivity contribution in [2.75, 3.05) is 0 Å². The first kappa shape index (κ1) is 38.6. The molecule has 0 fully saturated rings. The van der Waals surface area contributed by atoms with Crippen molar-refractivity contribution in [3.05, 3.63) is 65.7 Å². The van der Waals surface area contributed by atoms with Crippen molar-refractivity contribution < 1.29 is 38.6 Å². The third-order valence-corrected chi connectivity index (χ3v) is 7.04. The average Bonchev–Trinajstić information content (AvgIpc) is 2.96. The lowest BCUT2D eigenvalue weighted by Gasteiger charge is -2.39. The van der Waals surface area contributed by atoms with Crippen LogP contribution in [-0.4, -0.2) is 69.1 Å². The van der Waals surface area contributed by atoms with Gasteiger partial charge in [0.2, 0.25) is 17.7 Å². The van der Waals surface area contributed by atoms with Gasteiger partial charge in [0, 0.05) is 24.4 Å². The maximum atomic E-state index is 14.4. The quantitative estimate of drug-likeness (QED) is 0.218. The van der Waals surface area contributed by atoms with Gasteiger partial charge in [-0.25, -0.2) is 9.59 Å². The number of nitrogens with one attached hydrogen (secondary N) is 2. The van der Waals surface area contributed by atoms with E-state index < -0.39 is 65.2 Å².